The molecular weight excluding hydrogens is 172 g/mol. The van der Waals surface area contributed by atoms with E-state index in [1.54, 1.807) is 0 Å². The summed E-state index contributed by atoms with van der Waals surface area (Å²) in [5.74, 6) is 0. The van der Waals surface area contributed by atoms with Gasteiger partial charge in [-0.15, -0.1) is 0 Å². The summed E-state index contributed by atoms with van der Waals surface area (Å²) in [5.41, 5.74) is 0. The van der Waals surface area contributed by atoms with E-state index in [1.807, 2.05) is 7.05 Å². The lowest BCUT2D eigenvalue weighted by Crippen LogP contribution is -2.36. The molecule has 1 fully saturated rings. The molecule has 0 aromatic heterocycles. The van der Waals surface area contributed by atoms with Gasteiger partial charge in [-0.25, -0.2) is 0 Å². The van der Waals surface area contributed by atoms with Crippen LogP contribution in [0.3, 0.4) is 0 Å². The zero-order chi connectivity index (χ0) is 8.97. The van der Waals surface area contributed by atoms with E-state index in [-0.39, 0.29) is 12.1 Å². The minimum Gasteiger partial charge on any atom is -0.391 e. The van der Waals surface area contributed by atoms with Gasteiger partial charge in [0.2, 0.25) is 0 Å². The predicted molar refractivity (Wildman–Crippen MR) is 53.7 cm³/mol. The maximum atomic E-state index is 9.66. The van der Waals surface area contributed by atoms with Gasteiger partial charge >= 0.3 is 0 Å². The van der Waals surface area contributed by atoms with Gasteiger partial charge in [0.15, 0.2) is 0 Å². The summed E-state index contributed by atoms with van der Waals surface area (Å²) in [6.07, 6.45) is 1.57. The van der Waals surface area contributed by atoms with Crippen LogP contribution < -0.4 is 10.6 Å². The highest BCUT2D eigenvalue weighted by molar-refractivity contribution is 7.81. The van der Waals surface area contributed by atoms with Gasteiger partial charge in [0.25, 0.3) is 0 Å². The predicted octanol–water partition coefficient (Wildman–Crippen LogP) is -0.383. The van der Waals surface area contributed by atoms with Gasteiger partial charge in [-0.1, -0.05) is 0 Å². The van der Waals surface area contributed by atoms with E-state index in [0.29, 0.717) is 5.25 Å². The van der Waals surface area contributed by atoms with Crippen molar-refractivity contribution < 1.29 is 5.11 Å². The van der Waals surface area contributed by atoms with Crippen LogP contribution in [0.15, 0.2) is 0 Å². The third-order valence-electron chi connectivity index (χ3n) is 2.30. The van der Waals surface area contributed by atoms with E-state index in [9.17, 15) is 5.11 Å². The number of aliphatic hydroxyl groups is 1. The van der Waals surface area contributed by atoms with Crippen molar-refractivity contribution in [2.45, 2.75) is 30.2 Å². The lowest BCUT2D eigenvalue weighted by molar-refractivity contribution is 0.127. The van der Waals surface area contributed by atoms with Crippen LogP contribution >= 0.6 is 12.6 Å². The smallest absolute Gasteiger partial charge is 0.0705 e. The molecule has 1 heterocycles. The van der Waals surface area contributed by atoms with Gasteiger partial charge in [0, 0.05) is 17.8 Å². The molecule has 1 aliphatic heterocycles. The highest BCUT2D eigenvalue weighted by atomic mass is 32.1. The molecule has 3 unspecified atom stereocenters. The standard InChI is InChI=1S/C8H18N2OS/c1-9-3-2-8(11)7-4-6(12)5-10-7/h6-12H,2-5H2,1H3. The zero-order valence-electron chi connectivity index (χ0n) is 7.45. The zero-order valence-corrected chi connectivity index (χ0v) is 8.35. The topological polar surface area (TPSA) is 44.3 Å². The van der Waals surface area contributed by atoms with Crippen molar-refractivity contribution in [1.82, 2.24) is 10.6 Å². The maximum Gasteiger partial charge on any atom is 0.0705 e. The molecule has 0 spiro atoms. The summed E-state index contributed by atoms with van der Waals surface area (Å²) in [7, 11) is 1.90. The first kappa shape index (κ1) is 10.3. The largest absolute Gasteiger partial charge is 0.391 e. The molecule has 12 heavy (non-hydrogen) atoms. The highest BCUT2D eigenvalue weighted by Crippen LogP contribution is 2.15. The van der Waals surface area contributed by atoms with Gasteiger partial charge in [0.1, 0.15) is 0 Å². The fourth-order valence-electron chi connectivity index (χ4n) is 1.53. The van der Waals surface area contributed by atoms with Crippen LogP contribution in [0.2, 0.25) is 0 Å². The number of hydrogen-bond donors (Lipinski definition) is 4. The number of thiol groups is 1. The van der Waals surface area contributed by atoms with Crippen molar-refractivity contribution in [2.75, 3.05) is 20.1 Å². The molecular formula is C8H18N2OS. The number of aliphatic hydroxyl groups excluding tert-OH is 1. The molecule has 0 aliphatic carbocycles. The Hall–Kier alpha value is 0.230. The Morgan fingerprint density at radius 2 is 2.50 bits per heavy atom. The summed E-state index contributed by atoms with van der Waals surface area (Å²) in [6, 6.07) is 0.251. The summed E-state index contributed by atoms with van der Waals surface area (Å²) < 4.78 is 0. The van der Waals surface area contributed by atoms with Crippen molar-refractivity contribution in [3.63, 3.8) is 0 Å². The molecule has 0 aromatic carbocycles. The van der Waals surface area contributed by atoms with Gasteiger partial charge in [-0.2, -0.15) is 12.6 Å². The number of nitrogens with one attached hydrogen (secondary N) is 2. The molecule has 1 rings (SSSR count). The first-order valence-electron chi connectivity index (χ1n) is 4.48. The molecule has 4 heteroatoms. The second-order valence-electron chi connectivity index (χ2n) is 3.36. The Morgan fingerprint density at radius 3 is 3.00 bits per heavy atom. The Labute approximate surface area is 79.3 Å². The monoisotopic (exact) mass is 190 g/mol. The van der Waals surface area contributed by atoms with Gasteiger partial charge in [-0.05, 0) is 26.4 Å². The van der Waals surface area contributed by atoms with E-state index in [4.69, 9.17) is 0 Å². The van der Waals surface area contributed by atoms with E-state index >= 15 is 0 Å². The van der Waals surface area contributed by atoms with Crippen molar-refractivity contribution in [2.24, 2.45) is 0 Å². The second kappa shape index (κ2) is 5.07. The van der Waals surface area contributed by atoms with E-state index in [2.05, 4.69) is 23.3 Å². The Bertz CT molecular complexity index is 134. The first-order valence-corrected chi connectivity index (χ1v) is 4.99. The highest BCUT2D eigenvalue weighted by Gasteiger charge is 2.26. The quantitative estimate of drug-likeness (QED) is 0.457. The summed E-state index contributed by atoms with van der Waals surface area (Å²) in [4.78, 5) is 0. The SMILES string of the molecule is CNCCC(O)C1CC(S)CN1. The third kappa shape index (κ3) is 2.94. The molecule has 0 radical (unpaired) electrons. The number of hydrogen-bond acceptors (Lipinski definition) is 4. The average Bonchev–Trinajstić information content (AvgIpc) is 2.47. The minimum absolute atomic E-state index is 0.227. The molecule has 3 N–H and O–H groups in total. The molecule has 3 nitrogen and oxygen atoms in total. The molecule has 0 aromatic rings. The van der Waals surface area contributed by atoms with Crippen LogP contribution in [0.5, 0.6) is 0 Å². The minimum atomic E-state index is -0.227. The van der Waals surface area contributed by atoms with E-state index in [0.717, 1.165) is 25.9 Å². The van der Waals surface area contributed by atoms with Gasteiger partial charge in [-0.3, -0.25) is 0 Å². The Morgan fingerprint density at radius 1 is 1.75 bits per heavy atom. The van der Waals surface area contributed by atoms with Crippen molar-refractivity contribution in [3.05, 3.63) is 0 Å². The first-order chi connectivity index (χ1) is 5.74. The van der Waals surface area contributed by atoms with Crippen LogP contribution in [-0.2, 0) is 0 Å². The normalized spacial score (nSPS) is 32.2. The molecule has 72 valence electrons. The fourth-order valence-corrected chi connectivity index (χ4v) is 1.87. The van der Waals surface area contributed by atoms with Crippen LogP contribution in [0.1, 0.15) is 12.8 Å². The van der Waals surface area contributed by atoms with Crippen LogP contribution in [0.25, 0.3) is 0 Å². The Balaban J connectivity index is 2.18. The van der Waals surface area contributed by atoms with Crippen molar-refractivity contribution in [1.29, 1.82) is 0 Å². The fraction of sp³-hybridized carbons (Fsp3) is 1.00. The van der Waals surface area contributed by atoms with Crippen molar-refractivity contribution >= 4 is 12.6 Å². The van der Waals surface area contributed by atoms with Gasteiger partial charge < -0.3 is 15.7 Å². The third-order valence-corrected chi connectivity index (χ3v) is 2.69. The maximum absolute atomic E-state index is 9.66. The van der Waals surface area contributed by atoms with Crippen LogP contribution in [-0.4, -0.2) is 42.6 Å². The molecule has 3 atom stereocenters. The summed E-state index contributed by atoms with van der Waals surface area (Å²) in [5, 5.41) is 16.4. The molecule has 0 bridgehead atoms. The molecule has 1 aliphatic rings. The average molecular weight is 190 g/mol. The molecule has 0 amide bonds. The van der Waals surface area contributed by atoms with Crippen molar-refractivity contribution in [3.8, 4) is 0 Å². The summed E-state index contributed by atoms with van der Waals surface area (Å²) >= 11 is 4.35. The molecule has 1 saturated heterocycles. The lowest BCUT2D eigenvalue weighted by atomic mass is 10.1. The van der Waals surface area contributed by atoms with E-state index in [1.165, 1.54) is 0 Å². The van der Waals surface area contributed by atoms with Gasteiger partial charge in [0.05, 0.1) is 6.10 Å². The number of rotatable bonds is 4. The Kier molecular flexibility index (Phi) is 4.35. The lowest BCUT2D eigenvalue weighted by Gasteiger charge is -2.17. The molecule has 0 saturated carbocycles. The summed E-state index contributed by atoms with van der Waals surface area (Å²) in [6.45, 7) is 1.79. The van der Waals surface area contributed by atoms with E-state index < -0.39 is 0 Å². The second-order valence-corrected chi connectivity index (χ2v) is 4.09. The van der Waals surface area contributed by atoms with Crippen LogP contribution in [0.4, 0.5) is 0 Å². The van der Waals surface area contributed by atoms with Crippen LogP contribution in [0, 0.1) is 0 Å².